The van der Waals surface area contributed by atoms with Crippen molar-refractivity contribution in [1.29, 1.82) is 0 Å². The number of hydrogen-bond acceptors (Lipinski definition) is 2. The zero-order chi connectivity index (χ0) is 15.6. The van der Waals surface area contributed by atoms with E-state index < -0.39 is 17.6 Å². The minimum Gasteiger partial charge on any atom is -0.488 e. The largest absolute Gasteiger partial charge is 0.488 e. The normalized spacial score (nSPS) is 11.5. The quantitative estimate of drug-likeness (QED) is 0.629. The highest BCUT2D eigenvalue weighted by Crippen LogP contribution is 2.34. The van der Waals surface area contributed by atoms with Gasteiger partial charge in [-0.25, -0.2) is 4.39 Å². The number of halogens is 5. The lowest BCUT2D eigenvalue weighted by atomic mass is 10.1. The minimum absolute atomic E-state index is 0.0223. The molecule has 2 rings (SSSR count). The van der Waals surface area contributed by atoms with Crippen LogP contribution in [-0.2, 0) is 12.8 Å². The molecule has 2 aromatic rings. The Bertz CT molecular complexity index is 658. The van der Waals surface area contributed by atoms with Crippen molar-refractivity contribution >= 4 is 21.6 Å². The number of ether oxygens (including phenoxy) is 1. The van der Waals surface area contributed by atoms with Crippen LogP contribution in [0.1, 0.15) is 11.1 Å². The maximum atomic E-state index is 12.9. The average Bonchev–Trinajstić information content (AvgIpc) is 2.38. The number of nitrogens with two attached hydrogens (primary N) is 1. The molecule has 0 saturated heterocycles. The van der Waals surface area contributed by atoms with Crippen molar-refractivity contribution in [3.8, 4) is 5.75 Å². The predicted molar refractivity (Wildman–Crippen MR) is 74.3 cm³/mol. The molecule has 112 valence electrons. The molecule has 0 aromatic heterocycles. The lowest BCUT2D eigenvalue weighted by molar-refractivity contribution is -0.138. The SMILES string of the molecule is Nc1ccc(COc2ccc(F)cc2Br)c(C(F)(F)F)c1. The molecule has 2 N–H and O–H groups in total. The van der Waals surface area contributed by atoms with E-state index in [1.54, 1.807) is 0 Å². The lowest BCUT2D eigenvalue weighted by Crippen LogP contribution is -2.11. The van der Waals surface area contributed by atoms with Gasteiger partial charge in [-0.05, 0) is 46.3 Å². The van der Waals surface area contributed by atoms with Crippen LogP contribution >= 0.6 is 15.9 Å². The van der Waals surface area contributed by atoms with Crippen molar-refractivity contribution in [1.82, 2.24) is 0 Å². The number of anilines is 1. The molecule has 0 atom stereocenters. The van der Waals surface area contributed by atoms with Gasteiger partial charge in [0.05, 0.1) is 10.0 Å². The van der Waals surface area contributed by atoms with Crippen LogP contribution in [0.4, 0.5) is 23.2 Å². The summed E-state index contributed by atoms with van der Waals surface area (Å²) in [6.07, 6.45) is -4.52. The summed E-state index contributed by atoms with van der Waals surface area (Å²) in [5.41, 5.74) is 4.51. The van der Waals surface area contributed by atoms with Crippen LogP contribution in [0, 0.1) is 5.82 Å². The molecule has 0 radical (unpaired) electrons. The molecule has 2 nitrogen and oxygen atoms in total. The molecule has 7 heteroatoms. The summed E-state index contributed by atoms with van der Waals surface area (Å²) in [5, 5.41) is 0. The molecule has 0 amide bonds. The minimum atomic E-state index is -4.52. The van der Waals surface area contributed by atoms with E-state index in [2.05, 4.69) is 15.9 Å². The van der Waals surface area contributed by atoms with Gasteiger partial charge in [0.2, 0.25) is 0 Å². The highest BCUT2D eigenvalue weighted by Gasteiger charge is 2.33. The zero-order valence-corrected chi connectivity index (χ0v) is 12.1. The van der Waals surface area contributed by atoms with Gasteiger partial charge in [0.25, 0.3) is 0 Å². The van der Waals surface area contributed by atoms with Gasteiger partial charge < -0.3 is 10.5 Å². The van der Waals surface area contributed by atoms with E-state index in [1.807, 2.05) is 0 Å². The number of rotatable bonds is 3. The van der Waals surface area contributed by atoms with Crippen LogP contribution in [0.15, 0.2) is 40.9 Å². The van der Waals surface area contributed by atoms with E-state index in [0.717, 1.165) is 12.1 Å². The van der Waals surface area contributed by atoms with Gasteiger partial charge in [-0.15, -0.1) is 0 Å². The smallest absolute Gasteiger partial charge is 0.416 e. The Morgan fingerprint density at radius 2 is 1.81 bits per heavy atom. The molecule has 0 spiro atoms. The summed E-state index contributed by atoms with van der Waals surface area (Å²) in [6.45, 7) is -0.306. The maximum absolute atomic E-state index is 12.9. The van der Waals surface area contributed by atoms with Crippen LogP contribution < -0.4 is 10.5 Å². The molecular weight excluding hydrogens is 354 g/mol. The van der Waals surface area contributed by atoms with E-state index in [9.17, 15) is 17.6 Å². The number of nitrogen functional groups attached to an aromatic ring is 1. The Hall–Kier alpha value is -1.76. The van der Waals surface area contributed by atoms with Crippen LogP contribution in [0.5, 0.6) is 5.75 Å². The fraction of sp³-hybridized carbons (Fsp3) is 0.143. The van der Waals surface area contributed by atoms with Crippen LogP contribution in [0.2, 0.25) is 0 Å². The maximum Gasteiger partial charge on any atom is 0.416 e. The van der Waals surface area contributed by atoms with E-state index in [1.165, 1.54) is 24.3 Å². The Balaban J connectivity index is 2.24. The van der Waals surface area contributed by atoms with E-state index in [0.29, 0.717) is 4.47 Å². The molecule has 0 bridgehead atoms. The van der Waals surface area contributed by atoms with Gasteiger partial charge in [0, 0.05) is 11.3 Å². The second kappa shape index (κ2) is 5.93. The first kappa shape index (κ1) is 15.6. The van der Waals surface area contributed by atoms with Crippen molar-refractivity contribution < 1.29 is 22.3 Å². The van der Waals surface area contributed by atoms with Crippen LogP contribution in [0.25, 0.3) is 0 Å². The fourth-order valence-corrected chi connectivity index (χ4v) is 2.20. The standard InChI is InChI=1S/C14H10BrF4NO/c15-12-5-9(16)2-4-13(12)21-7-8-1-3-10(20)6-11(8)14(17,18)19/h1-6H,7,20H2. The second-order valence-electron chi connectivity index (χ2n) is 4.28. The first-order valence-electron chi connectivity index (χ1n) is 5.81. The van der Waals surface area contributed by atoms with Crippen molar-refractivity contribution in [2.24, 2.45) is 0 Å². The highest BCUT2D eigenvalue weighted by molar-refractivity contribution is 9.10. The van der Waals surface area contributed by atoms with Crippen LogP contribution in [0.3, 0.4) is 0 Å². The first-order chi connectivity index (χ1) is 9.77. The van der Waals surface area contributed by atoms with Gasteiger partial charge in [0.15, 0.2) is 0 Å². The van der Waals surface area contributed by atoms with Gasteiger partial charge in [-0.3, -0.25) is 0 Å². The molecule has 0 aliphatic heterocycles. The molecule has 0 unspecified atom stereocenters. The van der Waals surface area contributed by atoms with Crippen molar-refractivity contribution in [2.45, 2.75) is 12.8 Å². The Morgan fingerprint density at radius 3 is 2.43 bits per heavy atom. The molecule has 2 aromatic carbocycles. The van der Waals surface area contributed by atoms with E-state index in [-0.39, 0.29) is 23.6 Å². The summed E-state index contributed by atoms with van der Waals surface area (Å²) < 4.78 is 57.3. The average molecular weight is 364 g/mol. The van der Waals surface area contributed by atoms with Gasteiger partial charge >= 0.3 is 6.18 Å². The monoisotopic (exact) mass is 363 g/mol. The van der Waals surface area contributed by atoms with Gasteiger partial charge in [-0.1, -0.05) is 6.07 Å². The van der Waals surface area contributed by atoms with Crippen molar-refractivity contribution in [3.05, 3.63) is 57.8 Å². The number of hydrogen-bond donors (Lipinski definition) is 1. The number of alkyl halides is 3. The van der Waals surface area contributed by atoms with Crippen molar-refractivity contribution in [3.63, 3.8) is 0 Å². The lowest BCUT2D eigenvalue weighted by Gasteiger charge is -2.15. The Kier molecular flexibility index (Phi) is 4.41. The second-order valence-corrected chi connectivity index (χ2v) is 5.13. The fourth-order valence-electron chi connectivity index (χ4n) is 1.73. The molecule has 21 heavy (non-hydrogen) atoms. The Morgan fingerprint density at radius 1 is 1.10 bits per heavy atom. The zero-order valence-electron chi connectivity index (χ0n) is 10.5. The van der Waals surface area contributed by atoms with E-state index >= 15 is 0 Å². The summed E-state index contributed by atoms with van der Waals surface area (Å²) in [7, 11) is 0. The molecule has 0 heterocycles. The summed E-state index contributed by atoms with van der Waals surface area (Å²) in [6, 6.07) is 7.16. The molecule has 0 saturated carbocycles. The first-order valence-corrected chi connectivity index (χ1v) is 6.60. The summed E-state index contributed by atoms with van der Waals surface area (Å²) >= 11 is 3.08. The molecule has 0 fully saturated rings. The van der Waals surface area contributed by atoms with Crippen molar-refractivity contribution in [2.75, 3.05) is 5.73 Å². The predicted octanol–water partition coefficient (Wildman–Crippen LogP) is 4.77. The summed E-state index contributed by atoms with van der Waals surface area (Å²) in [4.78, 5) is 0. The van der Waals surface area contributed by atoms with Gasteiger partial charge in [-0.2, -0.15) is 13.2 Å². The third-order valence-electron chi connectivity index (χ3n) is 2.72. The highest BCUT2D eigenvalue weighted by atomic mass is 79.9. The third-order valence-corrected chi connectivity index (χ3v) is 3.34. The number of benzene rings is 2. The molecule has 0 aliphatic carbocycles. The van der Waals surface area contributed by atoms with Crippen LogP contribution in [-0.4, -0.2) is 0 Å². The summed E-state index contributed by atoms with van der Waals surface area (Å²) in [5.74, 6) is -0.223. The van der Waals surface area contributed by atoms with E-state index in [4.69, 9.17) is 10.5 Å². The van der Waals surface area contributed by atoms with Gasteiger partial charge in [0.1, 0.15) is 18.2 Å². The third kappa shape index (κ3) is 3.87. The molecular formula is C14H10BrF4NO. The topological polar surface area (TPSA) is 35.2 Å². The molecule has 0 aliphatic rings. The Labute approximate surface area is 126 Å².